The Kier molecular flexibility index (Phi) is 10.4. The van der Waals surface area contributed by atoms with Crippen LogP contribution < -0.4 is 0 Å². The maximum absolute atomic E-state index is 4.75. The monoisotopic (exact) mass is 546 g/mol. The second kappa shape index (κ2) is 14.0. The number of hydrogen-bond donors (Lipinski definition) is 0. The largest absolute Gasteiger partial charge is 0.300 e. The van der Waals surface area contributed by atoms with Crippen LogP contribution in [0.5, 0.6) is 0 Å². The molecule has 2 nitrogen and oxygen atoms in total. The summed E-state index contributed by atoms with van der Waals surface area (Å²) in [6.07, 6.45) is 19.0. The van der Waals surface area contributed by atoms with Crippen LogP contribution in [0.25, 0.3) is 22.4 Å². The number of imidazole rings is 1. The molecule has 2 heteroatoms. The van der Waals surface area contributed by atoms with E-state index in [1.807, 2.05) is 6.20 Å². The van der Waals surface area contributed by atoms with E-state index in [0.717, 1.165) is 37.4 Å². The standard InChI is InChI=1S/C32H32N2.C4H10.C3H8/c1-21-8-6-11-27(16-21)32-33-14-15-34(32)31-22(2)17-24(18-23(31)3)19-25-10-7-13-29-28-12-5-4-9-26(28)20-30(25)29;1-4(2)3;1-3-2/h4-7,9-17,21,24H,8,18-20H2,1-3H3;4H,1-3H3;3H2,1-2H3. The molecule has 3 aliphatic rings. The fourth-order valence-corrected chi connectivity index (χ4v) is 6.23. The van der Waals surface area contributed by atoms with Crippen molar-refractivity contribution in [2.24, 2.45) is 17.8 Å². The first-order chi connectivity index (χ1) is 19.7. The van der Waals surface area contributed by atoms with Crippen molar-refractivity contribution in [2.45, 2.75) is 87.5 Å². The number of benzene rings is 2. The summed E-state index contributed by atoms with van der Waals surface area (Å²) in [6, 6.07) is 15.8. The van der Waals surface area contributed by atoms with Gasteiger partial charge < -0.3 is 0 Å². The van der Waals surface area contributed by atoms with Crippen molar-refractivity contribution in [3.63, 3.8) is 0 Å². The maximum atomic E-state index is 4.75. The molecule has 0 amide bonds. The minimum absolute atomic E-state index is 0.528. The number of nitrogens with zero attached hydrogens (tertiary/aromatic N) is 2. The molecule has 0 saturated carbocycles. The fraction of sp³-hybridized carbons (Fsp3) is 0.410. The predicted molar refractivity (Wildman–Crippen MR) is 179 cm³/mol. The van der Waals surface area contributed by atoms with Crippen LogP contribution in [-0.4, -0.2) is 9.55 Å². The first kappa shape index (κ1) is 30.6. The first-order valence-corrected chi connectivity index (χ1v) is 15.7. The predicted octanol–water partition coefficient (Wildman–Crippen LogP) is 11.0. The number of allylic oxidation sites excluding steroid dienone is 8. The normalized spacial score (nSPS) is 19.0. The van der Waals surface area contributed by atoms with Crippen molar-refractivity contribution in [3.05, 3.63) is 113 Å². The molecule has 1 aromatic heterocycles. The molecule has 0 fully saturated rings. The molecular formula is C39H50N2. The van der Waals surface area contributed by atoms with Gasteiger partial charge in [0.15, 0.2) is 0 Å². The average Bonchev–Trinajstić information content (AvgIpc) is 3.54. The van der Waals surface area contributed by atoms with Crippen molar-refractivity contribution in [1.82, 2.24) is 9.55 Å². The molecule has 0 aliphatic heterocycles. The van der Waals surface area contributed by atoms with E-state index < -0.39 is 0 Å². The lowest BCUT2D eigenvalue weighted by atomic mass is 9.83. The second-order valence-corrected chi connectivity index (χ2v) is 12.7. The van der Waals surface area contributed by atoms with Gasteiger partial charge in [0.2, 0.25) is 0 Å². The average molecular weight is 547 g/mol. The number of fused-ring (bicyclic) bond motifs is 3. The molecule has 3 aromatic rings. The van der Waals surface area contributed by atoms with Crippen molar-refractivity contribution >= 4 is 11.3 Å². The van der Waals surface area contributed by atoms with Crippen LogP contribution in [0.1, 0.15) is 97.2 Å². The van der Waals surface area contributed by atoms with E-state index in [1.165, 1.54) is 56.7 Å². The van der Waals surface area contributed by atoms with Gasteiger partial charge in [0.25, 0.3) is 0 Å². The Morgan fingerprint density at radius 1 is 0.951 bits per heavy atom. The number of rotatable bonds is 4. The molecule has 0 saturated heterocycles. The molecule has 3 aliphatic carbocycles. The Labute approximate surface area is 249 Å². The van der Waals surface area contributed by atoms with Gasteiger partial charge in [-0.05, 0) is 96.2 Å². The van der Waals surface area contributed by atoms with E-state index in [-0.39, 0.29) is 0 Å². The third kappa shape index (κ3) is 7.28. The highest BCUT2D eigenvalue weighted by atomic mass is 15.1. The molecule has 0 N–H and O–H groups in total. The van der Waals surface area contributed by atoms with E-state index in [2.05, 4.69) is 133 Å². The zero-order chi connectivity index (χ0) is 29.5. The molecule has 6 rings (SSSR count). The topological polar surface area (TPSA) is 17.8 Å². The Morgan fingerprint density at radius 3 is 2.37 bits per heavy atom. The van der Waals surface area contributed by atoms with Gasteiger partial charge in [-0.3, -0.25) is 4.57 Å². The summed E-state index contributed by atoms with van der Waals surface area (Å²) in [6.45, 7) is 17.6. The van der Waals surface area contributed by atoms with E-state index in [1.54, 1.807) is 0 Å². The lowest BCUT2D eigenvalue weighted by Gasteiger charge is -2.26. The summed E-state index contributed by atoms with van der Waals surface area (Å²) >= 11 is 0. The Bertz CT molecular complexity index is 1450. The summed E-state index contributed by atoms with van der Waals surface area (Å²) < 4.78 is 2.31. The van der Waals surface area contributed by atoms with Crippen LogP contribution >= 0.6 is 0 Å². The van der Waals surface area contributed by atoms with Crippen LogP contribution in [0.15, 0.2) is 90.3 Å². The summed E-state index contributed by atoms with van der Waals surface area (Å²) in [5, 5.41) is 0. The van der Waals surface area contributed by atoms with E-state index in [4.69, 9.17) is 4.98 Å². The summed E-state index contributed by atoms with van der Waals surface area (Å²) in [5.74, 6) is 2.98. The highest BCUT2D eigenvalue weighted by Crippen LogP contribution is 2.41. The van der Waals surface area contributed by atoms with E-state index >= 15 is 0 Å². The van der Waals surface area contributed by atoms with Crippen LogP contribution in [0.4, 0.5) is 0 Å². The quantitative estimate of drug-likeness (QED) is 0.249. The van der Waals surface area contributed by atoms with Crippen LogP contribution in [0.2, 0.25) is 0 Å². The van der Waals surface area contributed by atoms with Crippen molar-refractivity contribution in [1.29, 1.82) is 0 Å². The Hall–Kier alpha value is -3.39. The third-order valence-electron chi connectivity index (χ3n) is 7.67. The minimum Gasteiger partial charge on any atom is -0.300 e. The van der Waals surface area contributed by atoms with Gasteiger partial charge in [0.1, 0.15) is 5.82 Å². The molecule has 1 heterocycles. The van der Waals surface area contributed by atoms with Gasteiger partial charge >= 0.3 is 0 Å². The SMILES string of the molecule is CC(C)C.CC1=CC(Cc2cccc3c2Cc2ccccc2-3)CC(C)=C1n1ccnc1C1=CC(C)CC=C1.CCC. The van der Waals surface area contributed by atoms with Crippen molar-refractivity contribution in [2.75, 3.05) is 0 Å². The molecule has 2 aromatic carbocycles. The first-order valence-electron chi connectivity index (χ1n) is 15.7. The highest BCUT2D eigenvalue weighted by Gasteiger charge is 2.25. The number of aromatic nitrogens is 2. The van der Waals surface area contributed by atoms with Crippen LogP contribution in [0.3, 0.4) is 0 Å². The van der Waals surface area contributed by atoms with Gasteiger partial charge in [0.05, 0.1) is 0 Å². The number of hydrogen-bond acceptors (Lipinski definition) is 1. The highest BCUT2D eigenvalue weighted by molar-refractivity contribution is 5.79. The molecule has 2 atom stereocenters. The molecule has 0 spiro atoms. The molecule has 41 heavy (non-hydrogen) atoms. The lowest BCUT2D eigenvalue weighted by Crippen LogP contribution is -2.14. The summed E-state index contributed by atoms with van der Waals surface area (Å²) in [5.41, 5.74) is 12.7. The molecule has 0 bridgehead atoms. The third-order valence-corrected chi connectivity index (χ3v) is 7.67. The summed E-state index contributed by atoms with van der Waals surface area (Å²) in [4.78, 5) is 4.75. The van der Waals surface area contributed by atoms with Gasteiger partial charge in [-0.15, -0.1) is 0 Å². The summed E-state index contributed by atoms with van der Waals surface area (Å²) in [7, 11) is 0. The van der Waals surface area contributed by atoms with Crippen molar-refractivity contribution < 1.29 is 0 Å². The Balaban J connectivity index is 0.000000502. The lowest BCUT2D eigenvalue weighted by molar-refractivity contribution is 0.623. The second-order valence-electron chi connectivity index (χ2n) is 12.7. The van der Waals surface area contributed by atoms with Gasteiger partial charge in [-0.25, -0.2) is 4.98 Å². The fourth-order valence-electron chi connectivity index (χ4n) is 6.23. The zero-order valence-electron chi connectivity index (χ0n) is 26.7. The maximum Gasteiger partial charge on any atom is 0.144 e. The van der Waals surface area contributed by atoms with E-state index in [0.29, 0.717) is 11.8 Å². The smallest absolute Gasteiger partial charge is 0.144 e. The van der Waals surface area contributed by atoms with Gasteiger partial charge in [-0.1, -0.05) is 115 Å². The van der Waals surface area contributed by atoms with Gasteiger partial charge in [0, 0.05) is 23.7 Å². The molecule has 0 radical (unpaired) electrons. The molecule has 2 unspecified atom stereocenters. The molecular weight excluding hydrogens is 496 g/mol. The van der Waals surface area contributed by atoms with Gasteiger partial charge in [-0.2, -0.15) is 0 Å². The van der Waals surface area contributed by atoms with Crippen LogP contribution in [0, 0.1) is 17.8 Å². The minimum atomic E-state index is 0.528. The Morgan fingerprint density at radius 2 is 1.66 bits per heavy atom. The van der Waals surface area contributed by atoms with E-state index in [9.17, 15) is 0 Å². The van der Waals surface area contributed by atoms with Crippen molar-refractivity contribution in [3.8, 4) is 11.1 Å². The van der Waals surface area contributed by atoms with Crippen LogP contribution in [-0.2, 0) is 12.8 Å². The zero-order valence-corrected chi connectivity index (χ0v) is 26.7. The molecule has 216 valence electrons.